The summed E-state index contributed by atoms with van der Waals surface area (Å²) in [6.45, 7) is 7.23. The van der Waals surface area contributed by atoms with Crippen LogP contribution in [0.2, 0.25) is 0 Å². The molecule has 0 aromatic heterocycles. The summed E-state index contributed by atoms with van der Waals surface area (Å²) < 4.78 is 10.0. The van der Waals surface area contributed by atoms with Crippen LogP contribution in [0, 0.1) is 0 Å². The van der Waals surface area contributed by atoms with Gasteiger partial charge in [0.15, 0.2) is 5.60 Å². The van der Waals surface area contributed by atoms with Crippen LogP contribution >= 0.6 is 0 Å². The molecule has 27 heavy (non-hydrogen) atoms. The molecule has 0 aromatic rings. The van der Waals surface area contributed by atoms with Gasteiger partial charge in [-0.2, -0.15) is 0 Å². The van der Waals surface area contributed by atoms with Gasteiger partial charge < -0.3 is 19.7 Å². The maximum absolute atomic E-state index is 11.8. The SMILES string of the molecule is CCCCCCCCCCOC(=O)CC(O)(CC(=O)OC(C)(C)C)C(=O)O. The van der Waals surface area contributed by atoms with Crippen molar-refractivity contribution in [3.8, 4) is 0 Å². The van der Waals surface area contributed by atoms with Crippen LogP contribution in [-0.2, 0) is 23.9 Å². The summed E-state index contributed by atoms with van der Waals surface area (Å²) in [5, 5.41) is 19.4. The first-order valence-corrected chi connectivity index (χ1v) is 9.83. The number of hydrogen-bond donors (Lipinski definition) is 2. The van der Waals surface area contributed by atoms with Crippen LogP contribution in [0.4, 0.5) is 0 Å². The predicted octanol–water partition coefficient (Wildman–Crippen LogP) is 3.61. The van der Waals surface area contributed by atoms with Crippen LogP contribution in [0.1, 0.15) is 91.9 Å². The minimum absolute atomic E-state index is 0.177. The summed E-state index contributed by atoms with van der Waals surface area (Å²) in [6, 6.07) is 0. The number of aliphatic hydroxyl groups is 1. The van der Waals surface area contributed by atoms with E-state index in [-0.39, 0.29) is 6.61 Å². The Morgan fingerprint density at radius 1 is 0.815 bits per heavy atom. The van der Waals surface area contributed by atoms with Crippen molar-refractivity contribution < 1.29 is 34.1 Å². The number of esters is 2. The summed E-state index contributed by atoms with van der Waals surface area (Å²) in [7, 11) is 0. The summed E-state index contributed by atoms with van der Waals surface area (Å²) in [5.41, 5.74) is -3.34. The van der Waals surface area contributed by atoms with Gasteiger partial charge in [0.2, 0.25) is 0 Å². The highest BCUT2D eigenvalue weighted by molar-refractivity contribution is 5.89. The smallest absolute Gasteiger partial charge is 0.336 e. The number of carbonyl (C=O) groups excluding carboxylic acids is 2. The van der Waals surface area contributed by atoms with Crippen LogP contribution in [-0.4, -0.2) is 45.9 Å². The molecule has 7 nitrogen and oxygen atoms in total. The molecule has 0 aliphatic rings. The van der Waals surface area contributed by atoms with E-state index in [1.165, 1.54) is 25.7 Å². The van der Waals surface area contributed by atoms with E-state index in [0.29, 0.717) is 6.42 Å². The zero-order valence-corrected chi connectivity index (χ0v) is 17.2. The summed E-state index contributed by atoms with van der Waals surface area (Å²) in [6.07, 6.45) is 7.17. The lowest BCUT2D eigenvalue weighted by Crippen LogP contribution is -2.44. The molecule has 0 aromatic carbocycles. The molecule has 1 atom stereocenters. The average molecular weight is 389 g/mol. The molecule has 7 heteroatoms. The van der Waals surface area contributed by atoms with Crippen LogP contribution in [0.15, 0.2) is 0 Å². The molecule has 0 aliphatic heterocycles. The van der Waals surface area contributed by atoms with Crippen molar-refractivity contribution >= 4 is 17.9 Å². The normalized spacial score (nSPS) is 13.7. The van der Waals surface area contributed by atoms with E-state index in [1.54, 1.807) is 20.8 Å². The Balaban J connectivity index is 4.18. The van der Waals surface area contributed by atoms with Gasteiger partial charge in [0.1, 0.15) is 5.60 Å². The molecule has 0 aliphatic carbocycles. The van der Waals surface area contributed by atoms with Gasteiger partial charge in [0, 0.05) is 0 Å². The zero-order valence-electron chi connectivity index (χ0n) is 17.2. The van der Waals surface area contributed by atoms with Gasteiger partial charge in [-0.25, -0.2) is 4.79 Å². The number of ether oxygens (including phenoxy) is 2. The minimum Gasteiger partial charge on any atom is -0.479 e. The minimum atomic E-state index is -2.53. The van der Waals surface area contributed by atoms with Crippen molar-refractivity contribution in [3.05, 3.63) is 0 Å². The number of rotatable bonds is 14. The fraction of sp³-hybridized carbons (Fsp3) is 0.850. The lowest BCUT2D eigenvalue weighted by atomic mass is 9.95. The maximum Gasteiger partial charge on any atom is 0.336 e. The standard InChI is InChI=1S/C20H36O7/c1-5-6-7-8-9-10-11-12-13-26-16(21)14-20(25,18(23)24)15-17(22)27-19(2,3)4/h25H,5-15H2,1-4H3,(H,23,24). The number of unbranched alkanes of at least 4 members (excludes halogenated alkanes) is 7. The molecule has 0 amide bonds. The Morgan fingerprint density at radius 2 is 1.30 bits per heavy atom. The topological polar surface area (TPSA) is 110 Å². The molecule has 0 spiro atoms. The van der Waals surface area contributed by atoms with Crippen LogP contribution < -0.4 is 0 Å². The van der Waals surface area contributed by atoms with E-state index >= 15 is 0 Å². The summed E-state index contributed by atoms with van der Waals surface area (Å²) in [4.78, 5) is 34.9. The summed E-state index contributed by atoms with van der Waals surface area (Å²) >= 11 is 0. The lowest BCUT2D eigenvalue weighted by molar-refractivity contribution is -0.176. The van der Waals surface area contributed by atoms with Gasteiger partial charge >= 0.3 is 17.9 Å². The van der Waals surface area contributed by atoms with Gasteiger partial charge in [-0.15, -0.1) is 0 Å². The highest BCUT2D eigenvalue weighted by atomic mass is 16.6. The fourth-order valence-electron chi connectivity index (χ4n) is 2.54. The van der Waals surface area contributed by atoms with E-state index in [9.17, 15) is 24.6 Å². The van der Waals surface area contributed by atoms with Crippen molar-refractivity contribution in [1.82, 2.24) is 0 Å². The van der Waals surface area contributed by atoms with Gasteiger partial charge in [0.25, 0.3) is 0 Å². The first-order valence-electron chi connectivity index (χ1n) is 9.83. The quantitative estimate of drug-likeness (QED) is 0.345. The maximum atomic E-state index is 11.8. The molecule has 0 saturated carbocycles. The number of carboxylic acids is 1. The summed E-state index contributed by atoms with van der Waals surface area (Å²) in [5.74, 6) is -3.38. The Bertz CT molecular complexity index is 467. The lowest BCUT2D eigenvalue weighted by Gasteiger charge is -2.25. The van der Waals surface area contributed by atoms with Crippen molar-refractivity contribution in [2.24, 2.45) is 0 Å². The third kappa shape index (κ3) is 13.2. The highest BCUT2D eigenvalue weighted by Gasteiger charge is 2.42. The van der Waals surface area contributed by atoms with Crippen molar-refractivity contribution in [1.29, 1.82) is 0 Å². The first kappa shape index (κ1) is 25.4. The molecular formula is C20H36O7. The molecule has 0 fully saturated rings. The molecule has 1 unspecified atom stereocenters. The van der Waals surface area contributed by atoms with Crippen LogP contribution in [0.5, 0.6) is 0 Å². The van der Waals surface area contributed by atoms with Crippen LogP contribution in [0.3, 0.4) is 0 Å². The molecule has 0 rings (SSSR count). The highest BCUT2D eigenvalue weighted by Crippen LogP contribution is 2.20. The van der Waals surface area contributed by atoms with Gasteiger partial charge in [-0.3, -0.25) is 9.59 Å². The number of aliphatic carboxylic acids is 1. The predicted molar refractivity (Wildman–Crippen MR) is 101 cm³/mol. The third-order valence-electron chi connectivity index (χ3n) is 3.95. The first-order chi connectivity index (χ1) is 12.5. The Labute approximate surface area is 162 Å². The molecule has 0 bridgehead atoms. The van der Waals surface area contributed by atoms with E-state index < -0.39 is 42.0 Å². The Morgan fingerprint density at radius 3 is 1.78 bits per heavy atom. The second kappa shape index (κ2) is 12.7. The molecule has 2 N–H and O–H groups in total. The van der Waals surface area contributed by atoms with Crippen molar-refractivity contribution in [2.75, 3.05) is 6.61 Å². The largest absolute Gasteiger partial charge is 0.479 e. The van der Waals surface area contributed by atoms with Crippen molar-refractivity contribution in [3.63, 3.8) is 0 Å². The van der Waals surface area contributed by atoms with Gasteiger partial charge in [-0.05, 0) is 27.2 Å². The van der Waals surface area contributed by atoms with E-state index in [0.717, 1.165) is 19.3 Å². The monoisotopic (exact) mass is 388 g/mol. The second-order valence-corrected chi connectivity index (χ2v) is 7.97. The van der Waals surface area contributed by atoms with Gasteiger partial charge in [-0.1, -0.05) is 51.9 Å². The van der Waals surface area contributed by atoms with Crippen molar-refractivity contribution in [2.45, 2.75) is 103 Å². The van der Waals surface area contributed by atoms with E-state index in [4.69, 9.17) is 9.47 Å². The molecule has 0 saturated heterocycles. The van der Waals surface area contributed by atoms with E-state index in [1.807, 2.05) is 0 Å². The van der Waals surface area contributed by atoms with Crippen LogP contribution in [0.25, 0.3) is 0 Å². The fourth-order valence-corrected chi connectivity index (χ4v) is 2.54. The Kier molecular flexibility index (Phi) is 11.9. The molecular weight excluding hydrogens is 352 g/mol. The number of hydrogen-bond acceptors (Lipinski definition) is 6. The number of carbonyl (C=O) groups is 3. The molecule has 0 heterocycles. The molecule has 0 radical (unpaired) electrons. The number of carboxylic acid groups (broad SMARTS) is 1. The van der Waals surface area contributed by atoms with Gasteiger partial charge in [0.05, 0.1) is 19.4 Å². The van der Waals surface area contributed by atoms with E-state index in [2.05, 4.69) is 6.92 Å². The third-order valence-corrected chi connectivity index (χ3v) is 3.95. The molecule has 158 valence electrons. The second-order valence-electron chi connectivity index (χ2n) is 7.97. The average Bonchev–Trinajstić information content (AvgIpc) is 2.51. The Hall–Kier alpha value is -1.63. The zero-order chi connectivity index (χ0) is 20.9.